The molecule has 0 spiro atoms. The summed E-state index contributed by atoms with van der Waals surface area (Å²) in [7, 11) is 0. The largest absolute Gasteiger partial charge is 0.507 e. The van der Waals surface area contributed by atoms with Crippen LogP contribution in [-0.2, 0) is 16.1 Å². The lowest BCUT2D eigenvalue weighted by Gasteiger charge is -2.25. The second-order valence-electron chi connectivity index (χ2n) is 8.88. The van der Waals surface area contributed by atoms with Gasteiger partial charge in [0.05, 0.1) is 31.2 Å². The number of ketones is 1. The first-order valence-corrected chi connectivity index (χ1v) is 12.7. The summed E-state index contributed by atoms with van der Waals surface area (Å²) in [6.07, 6.45) is 7.89. The molecule has 37 heavy (non-hydrogen) atoms. The van der Waals surface area contributed by atoms with Crippen LogP contribution in [0.4, 0.5) is 0 Å². The van der Waals surface area contributed by atoms with Gasteiger partial charge in [-0.05, 0) is 49.6 Å². The van der Waals surface area contributed by atoms with Crippen molar-refractivity contribution in [3.05, 3.63) is 84.0 Å². The van der Waals surface area contributed by atoms with Crippen molar-refractivity contribution in [1.82, 2.24) is 14.5 Å². The van der Waals surface area contributed by atoms with E-state index in [0.717, 1.165) is 24.2 Å². The number of aryl methyl sites for hydroxylation is 1. The molecule has 2 heterocycles. The van der Waals surface area contributed by atoms with Gasteiger partial charge in [0, 0.05) is 31.0 Å². The van der Waals surface area contributed by atoms with Gasteiger partial charge in [-0.2, -0.15) is 0 Å². The lowest BCUT2D eigenvalue weighted by atomic mass is 9.95. The molecule has 8 heteroatoms. The van der Waals surface area contributed by atoms with Gasteiger partial charge in [-0.1, -0.05) is 37.6 Å². The molecule has 1 aromatic heterocycles. The topological polar surface area (TPSA) is 93.9 Å². The first kappa shape index (κ1) is 26.0. The predicted molar refractivity (Wildman–Crippen MR) is 140 cm³/mol. The standard InChI is InChI=1S/C29H33N3O5/c1-3-5-18-37-23-12-10-21(11-13-23)26-25(27(33)22-8-6-9-24(19-22)36-4-2)28(34)29(35)32(26)16-7-15-31-17-14-30-20-31/h6,8-14,17,19-20,26,33H,3-5,7,15-16,18H2,1-2H3/b27-25+. The summed E-state index contributed by atoms with van der Waals surface area (Å²) < 4.78 is 13.3. The molecule has 8 nitrogen and oxygen atoms in total. The van der Waals surface area contributed by atoms with E-state index in [2.05, 4.69) is 11.9 Å². The van der Waals surface area contributed by atoms with Gasteiger partial charge in [-0.25, -0.2) is 4.98 Å². The molecule has 0 radical (unpaired) electrons. The number of ether oxygens (including phenoxy) is 2. The molecule has 0 aliphatic carbocycles. The predicted octanol–water partition coefficient (Wildman–Crippen LogP) is 4.97. The Hall–Kier alpha value is -4.07. The summed E-state index contributed by atoms with van der Waals surface area (Å²) in [6, 6.07) is 13.6. The number of aromatic nitrogens is 2. The monoisotopic (exact) mass is 503 g/mol. The Morgan fingerprint density at radius 1 is 1.00 bits per heavy atom. The number of hydrogen-bond acceptors (Lipinski definition) is 6. The van der Waals surface area contributed by atoms with E-state index in [1.165, 1.54) is 0 Å². The van der Waals surface area contributed by atoms with Crippen LogP contribution < -0.4 is 9.47 Å². The fraction of sp³-hybridized carbons (Fsp3) is 0.345. The van der Waals surface area contributed by atoms with Crippen LogP contribution in [0, 0.1) is 0 Å². The summed E-state index contributed by atoms with van der Waals surface area (Å²) in [5.74, 6) is -0.244. The lowest BCUT2D eigenvalue weighted by molar-refractivity contribution is -0.139. The Morgan fingerprint density at radius 3 is 2.51 bits per heavy atom. The molecule has 0 bridgehead atoms. The summed E-state index contributed by atoms with van der Waals surface area (Å²) in [5.41, 5.74) is 1.22. The van der Waals surface area contributed by atoms with Crippen LogP contribution in [-0.4, -0.2) is 51.0 Å². The molecule has 194 valence electrons. The third kappa shape index (κ3) is 6.02. The first-order valence-electron chi connectivity index (χ1n) is 12.7. The van der Waals surface area contributed by atoms with Crippen LogP contribution >= 0.6 is 0 Å². The van der Waals surface area contributed by atoms with Gasteiger partial charge in [-0.15, -0.1) is 0 Å². The molecule has 1 amide bonds. The van der Waals surface area contributed by atoms with Gasteiger partial charge in [-0.3, -0.25) is 9.59 Å². The number of hydrogen-bond donors (Lipinski definition) is 1. The number of imidazole rings is 1. The highest BCUT2D eigenvalue weighted by molar-refractivity contribution is 6.46. The quantitative estimate of drug-likeness (QED) is 0.162. The van der Waals surface area contributed by atoms with Crippen LogP contribution in [0.5, 0.6) is 11.5 Å². The molecule has 3 aromatic rings. The minimum Gasteiger partial charge on any atom is -0.507 e. The van der Waals surface area contributed by atoms with Gasteiger partial charge in [0.2, 0.25) is 0 Å². The zero-order valence-corrected chi connectivity index (χ0v) is 21.3. The van der Waals surface area contributed by atoms with E-state index in [1.807, 2.05) is 42.0 Å². The number of rotatable bonds is 12. The van der Waals surface area contributed by atoms with E-state index in [4.69, 9.17) is 9.47 Å². The number of amides is 1. The second-order valence-corrected chi connectivity index (χ2v) is 8.88. The highest BCUT2D eigenvalue weighted by atomic mass is 16.5. The van der Waals surface area contributed by atoms with Gasteiger partial charge >= 0.3 is 0 Å². The maximum atomic E-state index is 13.3. The summed E-state index contributed by atoms with van der Waals surface area (Å²) in [5, 5.41) is 11.3. The van der Waals surface area contributed by atoms with Gasteiger partial charge in [0.1, 0.15) is 17.3 Å². The van der Waals surface area contributed by atoms with E-state index in [0.29, 0.717) is 44.0 Å². The number of unbranched alkanes of at least 4 members (excludes halogenated alkanes) is 1. The average molecular weight is 504 g/mol. The Balaban J connectivity index is 1.68. The Bertz CT molecular complexity index is 1230. The van der Waals surface area contributed by atoms with Crippen molar-refractivity contribution in [2.75, 3.05) is 19.8 Å². The number of aliphatic hydroxyl groups is 1. The van der Waals surface area contributed by atoms with Crippen molar-refractivity contribution in [3.63, 3.8) is 0 Å². The minimum atomic E-state index is -0.719. The Labute approximate surface area is 217 Å². The normalized spacial score (nSPS) is 16.8. The zero-order chi connectivity index (χ0) is 26.2. The van der Waals surface area contributed by atoms with Crippen molar-refractivity contribution >= 4 is 17.4 Å². The molecule has 1 atom stereocenters. The number of nitrogens with zero attached hydrogens (tertiary/aromatic N) is 3. The highest BCUT2D eigenvalue weighted by Gasteiger charge is 2.45. The SMILES string of the molecule is CCCCOc1ccc(C2/C(=C(\O)c3cccc(OCC)c3)C(=O)C(=O)N2CCCn2ccnc2)cc1. The molecule has 1 unspecified atom stereocenters. The van der Waals surface area contributed by atoms with Crippen LogP contribution in [0.1, 0.15) is 50.3 Å². The zero-order valence-electron chi connectivity index (χ0n) is 21.3. The van der Waals surface area contributed by atoms with E-state index in [9.17, 15) is 14.7 Å². The van der Waals surface area contributed by atoms with Crippen LogP contribution in [0.2, 0.25) is 0 Å². The first-order chi connectivity index (χ1) is 18.0. The average Bonchev–Trinajstić information content (AvgIpc) is 3.52. The van der Waals surface area contributed by atoms with Crippen LogP contribution in [0.3, 0.4) is 0 Å². The maximum absolute atomic E-state index is 13.3. The molecule has 1 aliphatic heterocycles. The number of carbonyl (C=O) groups excluding carboxylic acids is 2. The maximum Gasteiger partial charge on any atom is 0.295 e. The fourth-order valence-corrected chi connectivity index (χ4v) is 4.44. The summed E-state index contributed by atoms with van der Waals surface area (Å²) in [4.78, 5) is 32.1. The van der Waals surface area contributed by atoms with Crippen molar-refractivity contribution in [2.24, 2.45) is 0 Å². The minimum absolute atomic E-state index is 0.0703. The van der Waals surface area contributed by atoms with Crippen molar-refractivity contribution in [2.45, 2.75) is 45.7 Å². The van der Waals surface area contributed by atoms with E-state index in [-0.39, 0.29) is 11.3 Å². The molecule has 2 aromatic carbocycles. The Kier molecular flexibility index (Phi) is 8.61. The number of carbonyl (C=O) groups is 2. The fourth-order valence-electron chi connectivity index (χ4n) is 4.44. The van der Waals surface area contributed by atoms with E-state index < -0.39 is 17.7 Å². The van der Waals surface area contributed by atoms with Crippen LogP contribution in [0.25, 0.3) is 5.76 Å². The van der Waals surface area contributed by atoms with Gasteiger partial charge in [0.25, 0.3) is 11.7 Å². The highest BCUT2D eigenvalue weighted by Crippen LogP contribution is 2.40. The smallest absolute Gasteiger partial charge is 0.295 e. The molecule has 1 N–H and O–H groups in total. The second kappa shape index (κ2) is 12.3. The van der Waals surface area contributed by atoms with Crippen LogP contribution in [0.15, 0.2) is 72.8 Å². The molecule has 4 rings (SSSR count). The number of Topliss-reactive ketones (excluding diaryl/α,β-unsaturated/α-hetero) is 1. The molecular weight excluding hydrogens is 470 g/mol. The summed E-state index contributed by atoms with van der Waals surface area (Å²) >= 11 is 0. The van der Waals surface area contributed by atoms with Crippen molar-refractivity contribution in [3.8, 4) is 11.5 Å². The number of aliphatic hydroxyl groups excluding tert-OH is 1. The van der Waals surface area contributed by atoms with E-state index >= 15 is 0 Å². The number of benzene rings is 2. The van der Waals surface area contributed by atoms with E-state index in [1.54, 1.807) is 41.7 Å². The lowest BCUT2D eigenvalue weighted by Crippen LogP contribution is -2.31. The molecule has 1 aliphatic rings. The van der Waals surface area contributed by atoms with Gasteiger partial charge in [0.15, 0.2) is 0 Å². The molecule has 1 saturated heterocycles. The van der Waals surface area contributed by atoms with Crippen molar-refractivity contribution in [1.29, 1.82) is 0 Å². The number of likely N-dealkylation sites (tertiary alicyclic amines) is 1. The van der Waals surface area contributed by atoms with Crippen molar-refractivity contribution < 1.29 is 24.2 Å². The third-order valence-corrected chi connectivity index (χ3v) is 6.30. The Morgan fingerprint density at radius 2 is 1.81 bits per heavy atom. The molecule has 1 fully saturated rings. The van der Waals surface area contributed by atoms with Gasteiger partial charge < -0.3 is 24.0 Å². The molecule has 0 saturated carbocycles. The summed E-state index contributed by atoms with van der Waals surface area (Å²) in [6.45, 7) is 6.06. The molecular formula is C29H33N3O5. The third-order valence-electron chi connectivity index (χ3n) is 6.30.